The fourth-order valence-electron chi connectivity index (χ4n) is 2.50. The molecule has 0 aliphatic carbocycles. The van der Waals surface area contributed by atoms with Crippen molar-refractivity contribution >= 4 is 18.9 Å². The minimum absolute atomic E-state index is 0.0745. The number of hydrogen-bond acceptors (Lipinski definition) is 1. The van der Waals surface area contributed by atoms with Gasteiger partial charge in [-0.2, -0.15) is 0 Å². The first kappa shape index (κ1) is 11.7. The summed E-state index contributed by atoms with van der Waals surface area (Å²) in [6.45, 7) is 2.40. The van der Waals surface area contributed by atoms with Gasteiger partial charge in [-0.25, -0.2) is 0 Å². The van der Waals surface area contributed by atoms with Crippen molar-refractivity contribution in [3.63, 3.8) is 0 Å². The highest BCUT2D eigenvalue weighted by Crippen LogP contribution is 2.37. The van der Waals surface area contributed by atoms with Crippen LogP contribution in [0.2, 0.25) is 0 Å². The molecule has 1 aliphatic heterocycles. The van der Waals surface area contributed by atoms with Crippen molar-refractivity contribution in [2.24, 2.45) is 0 Å². The van der Waals surface area contributed by atoms with E-state index in [0.717, 1.165) is 0 Å². The highest BCUT2D eigenvalue weighted by molar-refractivity contribution is 7.65. The maximum Gasteiger partial charge on any atom is 0.0366 e. The zero-order valence-corrected chi connectivity index (χ0v) is 11.4. The Labute approximate surface area is 110 Å². The van der Waals surface area contributed by atoms with Crippen molar-refractivity contribution in [2.75, 3.05) is 30.3 Å². The van der Waals surface area contributed by atoms with E-state index in [2.05, 4.69) is 65.6 Å². The van der Waals surface area contributed by atoms with Crippen molar-refractivity contribution in [1.82, 2.24) is 0 Å². The molecule has 1 nitrogen and oxygen atoms in total. The lowest BCUT2D eigenvalue weighted by molar-refractivity contribution is 0.849. The van der Waals surface area contributed by atoms with Gasteiger partial charge in [-0.3, -0.25) is 0 Å². The maximum atomic E-state index is 2.52. The molecule has 0 atom stereocenters. The summed E-state index contributed by atoms with van der Waals surface area (Å²) in [5, 5.41) is 1.57. The van der Waals surface area contributed by atoms with Crippen LogP contribution in [-0.4, -0.2) is 25.4 Å². The number of hydrogen-bond donors (Lipinski definition) is 0. The van der Waals surface area contributed by atoms with Crippen molar-refractivity contribution in [3.05, 3.63) is 60.7 Å². The molecule has 3 rings (SSSR count). The highest BCUT2D eigenvalue weighted by Gasteiger charge is 2.19. The van der Waals surface area contributed by atoms with Gasteiger partial charge >= 0.3 is 0 Å². The lowest BCUT2D eigenvalue weighted by Gasteiger charge is -2.34. The summed E-state index contributed by atoms with van der Waals surface area (Å²) in [4.78, 5) is 2.52. The van der Waals surface area contributed by atoms with Crippen LogP contribution in [0.5, 0.6) is 0 Å². The molecular formula is C16H18NP. The third-order valence-electron chi connectivity index (χ3n) is 3.52. The van der Waals surface area contributed by atoms with E-state index in [9.17, 15) is 0 Å². The fraction of sp³-hybridized carbons (Fsp3) is 0.250. The average molecular weight is 255 g/mol. The number of anilines is 1. The first-order chi connectivity index (χ1) is 8.93. The highest BCUT2D eigenvalue weighted by atomic mass is 31.1. The molecule has 1 saturated heterocycles. The second kappa shape index (κ2) is 5.54. The van der Waals surface area contributed by atoms with E-state index in [-0.39, 0.29) is 7.92 Å². The number of rotatable bonds is 2. The third-order valence-corrected chi connectivity index (χ3v) is 6.03. The van der Waals surface area contributed by atoms with Crippen LogP contribution >= 0.6 is 7.92 Å². The molecule has 0 radical (unpaired) electrons. The fourth-order valence-corrected chi connectivity index (χ4v) is 4.80. The number of benzene rings is 2. The predicted octanol–water partition coefficient (Wildman–Crippen LogP) is 3.31. The summed E-state index contributed by atoms with van der Waals surface area (Å²) in [7, 11) is 0.0745. The molecule has 2 aromatic rings. The van der Waals surface area contributed by atoms with Gasteiger partial charge in [0.1, 0.15) is 0 Å². The predicted molar refractivity (Wildman–Crippen MR) is 81.4 cm³/mol. The Morgan fingerprint density at radius 1 is 0.722 bits per heavy atom. The van der Waals surface area contributed by atoms with E-state index in [4.69, 9.17) is 0 Å². The molecule has 0 spiro atoms. The summed E-state index contributed by atoms with van der Waals surface area (Å²) in [5.41, 5.74) is 1.38. The Balaban J connectivity index is 1.65. The standard InChI is InChI=1S/C16H18NP/c1-3-7-15(8-4-1)17-11-13-18(14-12-17)16-9-5-2-6-10-16/h1-10H,11-14H2. The zero-order chi connectivity index (χ0) is 12.2. The number of nitrogens with zero attached hydrogens (tertiary/aromatic N) is 1. The van der Waals surface area contributed by atoms with Crippen LogP contribution in [0.4, 0.5) is 5.69 Å². The first-order valence-electron chi connectivity index (χ1n) is 6.53. The SMILES string of the molecule is c1ccc(N2CCP(c3ccccc3)CC2)cc1. The van der Waals surface area contributed by atoms with Gasteiger partial charge in [-0.15, -0.1) is 0 Å². The minimum atomic E-state index is 0.0745. The van der Waals surface area contributed by atoms with Gasteiger partial charge in [-0.05, 0) is 29.8 Å². The Kier molecular flexibility index (Phi) is 3.61. The normalized spacial score (nSPS) is 16.8. The van der Waals surface area contributed by atoms with Crippen LogP contribution in [0.15, 0.2) is 60.7 Å². The summed E-state index contributed by atoms with van der Waals surface area (Å²) in [6, 6.07) is 21.8. The molecule has 2 aromatic carbocycles. The van der Waals surface area contributed by atoms with E-state index in [1.165, 1.54) is 31.1 Å². The summed E-state index contributed by atoms with van der Waals surface area (Å²) >= 11 is 0. The zero-order valence-electron chi connectivity index (χ0n) is 10.5. The molecule has 2 heteroatoms. The molecule has 1 aliphatic rings. The van der Waals surface area contributed by atoms with Crippen LogP contribution in [0.3, 0.4) is 0 Å². The van der Waals surface area contributed by atoms with E-state index in [1.54, 1.807) is 5.30 Å². The van der Waals surface area contributed by atoms with Gasteiger partial charge in [0.25, 0.3) is 0 Å². The Bertz CT molecular complexity index is 427. The first-order valence-corrected chi connectivity index (χ1v) is 8.25. The molecule has 92 valence electrons. The van der Waals surface area contributed by atoms with Crippen molar-refractivity contribution in [1.29, 1.82) is 0 Å². The van der Waals surface area contributed by atoms with Crippen LogP contribution in [0.1, 0.15) is 0 Å². The summed E-state index contributed by atoms with van der Waals surface area (Å²) < 4.78 is 0. The van der Waals surface area contributed by atoms with Crippen molar-refractivity contribution < 1.29 is 0 Å². The second-order valence-corrected chi connectivity index (χ2v) is 7.14. The molecule has 0 saturated carbocycles. The average Bonchev–Trinajstić information content (AvgIpc) is 2.49. The van der Waals surface area contributed by atoms with E-state index >= 15 is 0 Å². The van der Waals surface area contributed by atoms with Crippen LogP contribution < -0.4 is 10.2 Å². The molecular weight excluding hydrogens is 237 g/mol. The van der Waals surface area contributed by atoms with Crippen molar-refractivity contribution in [2.45, 2.75) is 0 Å². The Morgan fingerprint density at radius 3 is 1.89 bits per heavy atom. The van der Waals surface area contributed by atoms with Gasteiger partial charge in [0.15, 0.2) is 0 Å². The molecule has 0 unspecified atom stereocenters. The van der Waals surface area contributed by atoms with Gasteiger partial charge in [0, 0.05) is 18.8 Å². The van der Waals surface area contributed by atoms with Gasteiger partial charge in [0.05, 0.1) is 0 Å². The van der Waals surface area contributed by atoms with Gasteiger partial charge in [0.2, 0.25) is 0 Å². The summed E-state index contributed by atoms with van der Waals surface area (Å²) in [5.74, 6) is 0. The van der Waals surface area contributed by atoms with E-state index in [1.807, 2.05) is 0 Å². The molecule has 0 amide bonds. The third kappa shape index (κ3) is 2.57. The monoisotopic (exact) mass is 255 g/mol. The smallest absolute Gasteiger partial charge is 0.0366 e. The van der Waals surface area contributed by atoms with Gasteiger partial charge < -0.3 is 4.90 Å². The molecule has 18 heavy (non-hydrogen) atoms. The lowest BCUT2D eigenvalue weighted by Crippen LogP contribution is -2.35. The molecule has 1 heterocycles. The van der Waals surface area contributed by atoms with E-state index < -0.39 is 0 Å². The maximum absolute atomic E-state index is 2.52. The minimum Gasteiger partial charge on any atom is -0.371 e. The topological polar surface area (TPSA) is 3.24 Å². The Morgan fingerprint density at radius 2 is 1.28 bits per heavy atom. The molecule has 1 fully saturated rings. The van der Waals surface area contributed by atoms with Gasteiger partial charge in [-0.1, -0.05) is 56.5 Å². The Hall–Kier alpha value is -1.33. The van der Waals surface area contributed by atoms with E-state index in [0.29, 0.717) is 0 Å². The molecule has 0 aromatic heterocycles. The van der Waals surface area contributed by atoms with Crippen molar-refractivity contribution in [3.8, 4) is 0 Å². The second-order valence-electron chi connectivity index (χ2n) is 4.65. The molecule has 0 N–H and O–H groups in total. The quantitative estimate of drug-likeness (QED) is 0.744. The van der Waals surface area contributed by atoms with Crippen LogP contribution in [-0.2, 0) is 0 Å². The lowest BCUT2D eigenvalue weighted by atomic mass is 10.3. The summed E-state index contributed by atoms with van der Waals surface area (Å²) in [6.07, 6.45) is 2.66. The van der Waals surface area contributed by atoms with Crippen LogP contribution in [0.25, 0.3) is 0 Å². The largest absolute Gasteiger partial charge is 0.371 e. The number of para-hydroxylation sites is 1. The van der Waals surface area contributed by atoms with Crippen LogP contribution in [0, 0.1) is 0 Å². The molecule has 0 bridgehead atoms.